The lowest BCUT2D eigenvalue weighted by molar-refractivity contribution is 1.75. The van der Waals surface area contributed by atoms with Crippen LogP contribution < -0.4 is 0 Å². The van der Waals surface area contributed by atoms with Crippen LogP contribution >= 0.6 is 0 Å². The van der Waals surface area contributed by atoms with Crippen molar-refractivity contribution in [3.05, 3.63) is 12.7 Å². The fourth-order valence-electron chi connectivity index (χ4n) is 0. The zero-order valence-corrected chi connectivity index (χ0v) is 2.86. The van der Waals surface area contributed by atoms with Gasteiger partial charge in [-0.2, -0.15) is 0 Å². The van der Waals surface area contributed by atoms with Crippen molar-refractivity contribution >= 4 is 7.85 Å². The van der Waals surface area contributed by atoms with E-state index in [0.29, 0.717) is 0 Å². The van der Waals surface area contributed by atoms with Gasteiger partial charge in [0.2, 0.25) is 0 Å². The Morgan fingerprint density at radius 3 is 2.25 bits per heavy atom. The van der Waals surface area contributed by atoms with Gasteiger partial charge in [0.25, 0.3) is 0 Å². The van der Waals surface area contributed by atoms with Gasteiger partial charge in [-0.1, -0.05) is 19.0 Å². The van der Waals surface area contributed by atoms with Gasteiger partial charge in [0.05, 0.1) is 0 Å². The van der Waals surface area contributed by atoms with Crippen molar-refractivity contribution in [2.45, 2.75) is 6.32 Å². The van der Waals surface area contributed by atoms with Crippen LogP contribution in [0.15, 0.2) is 6.08 Å². The van der Waals surface area contributed by atoms with E-state index in [-0.39, 0.29) is 0 Å². The highest BCUT2D eigenvalue weighted by Crippen LogP contribution is 1.61. The molecule has 0 atom stereocenters. The molecule has 0 spiro atoms. The largest absolute Gasteiger partial charge is 0.106 e. The average molecular weight is 52.9 g/mol. The first-order valence-corrected chi connectivity index (χ1v) is 1.45. The Morgan fingerprint density at radius 1 is 2.00 bits per heavy atom. The predicted octanol–water partition coefficient (Wildman–Crippen LogP) is 0.0270. The van der Waals surface area contributed by atoms with Gasteiger partial charge in [-0.15, -0.1) is 0 Å². The summed E-state index contributed by atoms with van der Waals surface area (Å²) in [6, 6.07) is 0. The highest BCUT2D eigenvalue weighted by molar-refractivity contribution is 6.09. The molecule has 0 aliphatic rings. The van der Waals surface area contributed by atoms with Crippen molar-refractivity contribution in [2.24, 2.45) is 0 Å². The van der Waals surface area contributed by atoms with Gasteiger partial charge in [0, 0.05) is 0 Å². The smallest absolute Gasteiger partial charge is 0.0924 e. The van der Waals surface area contributed by atoms with Crippen LogP contribution in [0.5, 0.6) is 0 Å². The third-order valence-corrected chi connectivity index (χ3v) is 0.236. The van der Waals surface area contributed by atoms with Crippen molar-refractivity contribution in [1.29, 1.82) is 0 Å². The Kier molecular flexibility index (Phi) is 2.67. The highest BCUT2D eigenvalue weighted by atomic mass is 13.4. The van der Waals surface area contributed by atoms with Crippen LogP contribution in [0.4, 0.5) is 0 Å². The molecule has 0 saturated carbocycles. The van der Waals surface area contributed by atoms with Gasteiger partial charge in [0.1, 0.15) is 7.85 Å². The first kappa shape index (κ1) is 3.80. The summed E-state index contributed by atoms with van der Waals surface area (Å²) in [5, 5.41) is 0. The summed E-state index contributed by atoms with van der Waals surface area (Å²) in [4.78, 5) is 0. The SMILES string of the molecule is BCC=[CH]. The molecule has 0 bridgehead atoms. The third kappa shape index (κ3) is 1.80. The second-order valence-corrected chi connectivity index (χ2v) is 0.644. The van der Waals surface area contributed by atoms with E-state index in [2.05, 4.69) is 0 Å². The molecule has 1 radical (unpaired) electrons. The Bertz CT molecular complexity index is 17.2. The Hall–Kier alpha value is -0.195. The summed E-state index contributed by atoms with van der Waals surface area (Å²) in [7, 11) is 2.00. The quantitative estimate of drug-likeness (QED) is 0.370. The molecule has 0 heterocycles. The lowest BCUT2D eigenvalue weighted by atomic mass is 10.1. The van der Waals surface area contributed by atoms with Crippen LogP contribution in [-0.2, 0) is 0 Å². The van der Waals surface area contributed by atoms with Crippen LogP contribution in [0, 0.1) is 6.58 Å². The molecule has 0 unspecified atom stereocenters. The molecular weight excluding hydrogens is 46.8 g/mol. The summed E-state index contributed by atoms with van der Waals surface area (Å²) in [5.74, 6) is 0. The van der Waals surface area contributed by atoms with Crippen molar-refractivity contribution < 1.29 is 0 Å². The summed E-state index contributed by atoms with van der Waals surface area (Å²) in [6.45, 7) is 4.90. The maximum absolute atomic E-state index is 4.90. The lowest BCUT2D eigenvalue weighted by Gasteiger charge is -1.55. The van der Waals surface area contributed by atoms with E-state index in [9.17, 15) is 0 Å². The number of hydrogen-bond donors (Lipinski definition) is 0. The Labute approximate surface area is 27.9 Å². The number of hydrogen-bond acceptors (Lipinski definition) is 0. The zero-order chi connectivity index (χ0) is 3.41. The van der Waals surface area contributed by atoms with Crippen LogP contribution in [-0.4, -0.2) is 7.85 Å². The predicted molar refractivity (Wildman–Crippen MR) is 22.2 cm³/mol. The summed E-state index contributed by atoms with van der Waals surface area (Å²) in [6.07, 6.45) is 2.60. The van der Waals surface area contributed by atoms with Crippen molar-refractivity contribution in [2.75, 3.05) is 0 Å². The summed E-state index contributed by atoms with van der Waals surface area (Å²) in [5.41, 5.74) is 0. The zero-order valence-electron chi connectivity index (χ0n) is 2.86. The fourth-order valence-corrected chi connectivity index (χ4v) is 0. The van der Waals surface area contributed by atoms with Gasteiger partial charge in [-0.25, -0.2) is 0 Å². The third-order valence-electron chi connectivity index (χ3n) is 0.236. The average Bonchev–Trinajstić information content (AvgIpc) is 1.37. The second kappa shape index (κ2) is 2.80. The van der Waals surface area contributed by atoms with Gasteiger partial charge >= 0.3 is 0 Å². The topological polar surface area (TPSA) is 0 Å². The molecule has 0 aromatic rings. The van der Waals surface area contributed by atoms with Crippen LogP contribution in [0.1, 0.15) is 0 Å². The minimum Gasteiger partial charge on any atom is -0.0924 e. The molecule has 0 nitrogen and oxygen atoms in total. The van der Waals surface area contributed by atoms with Crippen LogP contribution in [0.25, 0.3) is 0 Å². The molecule has 0 fully saturated rings. The molecule has 0 aliphatic carbocycles. The van der Waals surface area contributed by atoms with E-state index in [1.807, 2.05) is 7.85 Å². The number of allylic oxidation sites excluding steroid dienone is 1. The molecule has 0 aliphatic heterocycles. The molecular formula is C3H6B. The van der Waals surface area contributed by atoms with Gasteiger partial charge in [-0.05, 0) is 0 Å². The first-order valence-electron chi connectivity index (χ1n) is 1.45. The highest BCUT2D eigenvalue weighted by Gasteiger charge is 1.47. The van der Waals surface area contributed by atoms with Crippen molar-refractivity contribution in [3.63, 3.8) is 0 Å². The van der Waals surface area contributed by atoms with E-state index in [1.54, 1.807) is 6.08 Å². The molecule has 4 heavy (non-hydrogen) atoms. The normalized spacial score (nSPS) is 6.00. The van der Waals surface area contributed by atoms with E-state index in [4.69, 9.17) is 6.58 Å². The van der Waals surface area contributed by atoms with E-state index in [1.165, 1.54) is 0 Å². The molecule has 1 heteroatoms. The Morgan fingerprint density at radius 2 is 2.25 bits per heavy atom. The number of rotatable bonds is 1. The monoisotopic (exact) mass is 53.1 g/mol. The van der Waals surface area contributed by atoms with Gasteiger partial charge in [0.15, 0.2) is 0 Å². The van der Waals surface area contributed by atoms with Crippen molar-refractivity contribution in [1.82, 2.24) is 0 Å². The van der Waals surface area contributed by atoms with E-state index >= 15 is 0 Å². The van der Waals surface area contributed by atoms with Crippen LogP contribution in [0.2, 0.25) is 6.32 Å². The molecule has 0 aromatic carbocycles. The van der Waals surface area contributed by atoms with Crippen molar-refractivity contribution in [3.8, 4) is 0 Å². The summed E-state index contributed by atoms with van der Waals surface area (Å²) >= 11 is 0. The van der Waals surface area contributed by atoms with E-state index < -0.39 is 0 Å². The molecule has 0 aromatic heterocycles. The lowest BCUT2D eigenvalue weighted by Crippen LogP contribution is -1.47. The van der Waals surface area contributed by atoms with Gasteiger partial charge < -0.3 is 0 Å². The van der Waals surface area contributed by atoms with Crippen LogP contribution in [0.3, 0.4) is 0 Å². The molecule has 0 N–H and O–H groups in total. The van der Waals surface area contributed by atoms with Gasteiger partial charge in [-0.3, -0.25) is 0 Å². The minimum atomic E-state index is 0.972. The molecule has 21 valence electrons. The first-order chi connectivity index (χ1) is 1.91. The minimum absolute atomic E-state index is 0.972. The maximum Gasteiger partial charge on any atom is 0.106 e. The Balaban J connectivity index is 2.30. The standard InChI is InChI=1S/C3H6B/c1-2-3-4/h1-2H,3-4H2. The molecule has 0 amide bonds. The molecule has 0 rings (SSSR count). The van der Waals surface area contributed by atoms with E-state index in [0.717, 1.165) is 6.32 Å². The second-order valence-electron chi connectivity index (χ2n) is 0.644. The summed E-state index contributed by atoms with van der Waals surface area (Å²) < 4.78 is 0. The fraction of sp³-hybridized carbons (Fsp3) is 0.333. The molecule has 0 saturated heterocycles. The maximum atomic E-state index is 4.90.